The van der Waals surface area contributed by atoms with Gasteiger partial charge in [-0.3, -0.25) is 4.68 Å². The summed E-state index contributed by atoms with van der Waals surface area (Å²) >= 11 is 0. The molecular formula is C10H15N3O3. The van der Waals surface area contributed by atoms with E-state index in [2.05, 4.69) is 10.1 Å². The molecule has 0 spiro atoms. The maximum atomic E-state index is 11.4. The van der Waals surface area contributed by atoms with E-state index in [0.29, 0.717) is 19.4 Å². The first-order chi connectivity index (χ1) is 7.61. The van der Waals surface area contributed by atoms with Crippen LogP contribution in [-0.2, 0) is 11.8 Å². The maximum absolute atomic E-state index is 11.4. The minimum absolute atomic E-state index is 0.0979. The highest BCUT2D eigenvalue weighted by Crippen LogP contribution is 2.35. The Balaban J connectivity index is 2.12. The van der Waals surface area contributed by atoms with Crippen LogP contribution in [0.3, 0.4) is 0 Å². The van der Waals surface area contributed by atoms with Crippen LogP contribution in [0, 0.1) is 0 Å². The van der Waals surface area contributed by atoms with Gasteiger partial charge in [-0.2, -0.15) is 0 Å². The van der Waals surface area contributed by atoms with Gasteiger partial charge in [0.1, 0.15) is 5.82 Å². The molecule has 0 aromatic carbocycles. The summed E-state index contributed by atoms with van der Waals surface area (Å²) in [6.07, 6.45) is 1.14. The van der Waals surface area contributed by atoms with Gasteiger partial charge in [-0.15, -0.1) is 5.10 Å². The molecule has 6 nitrogen and oxygen atoms in total. The number of aliphatic hydroxyl groups excluding tert-OH is 1. The van der Waals surface area contributed by atoms with Crippen LogP contribution in [0.1, 0.15) is 42.1 Å². The second-order valence-electron chi connectivity index (χ2n) is 3.96. The van der Waals surface area contributed by atoms with Gasteiger partial charge in [0.05, 0.1) is 12.7 Å². The monoisotopic (exact) mass is 225 g/mol. The number of hydrogen-bond acceptors (Lipinski definition) is 5. The zero-order chi connectivity index (χ0) is 11.7. The Hall–Kier alpha value is -1.43. The minimum atomic E-state index is -0.496. The van der Waals surface area contributed by atoms with Crippen LogP contribution in [0.4, 0.5) is 0 Å². The van der Waals surface area contributed by atoms with Gasteiger partial charge in [0.2, 0.25) is 0 Å². The molecule has 0 radical (unpaired) electrons. The Morgan fingerprint density at radius 3 is 2.88 bits per heavy atom. The molecule has 1 aromatic heterocycles. The average molecular weight is 225 g/mol. The van der Waals surface area contributed by atoms with Crippen molar-refractivity contribution in [3.8, 4) is 0 Å². The number of aromatic nitrogens is 3. The van der Waals surface area contributed by atoms with Crippen molar-refractivity contribution in [3.05, 3.63) is 11.6 Å². The lowest BCUT2D eigenvalue weighted by atomic mass is 9.82. The fraction of sp³-hybridized carbons (Fsp3) is 0.700. The fourth-order valence-corrected chi connectivity index (χ4v) is 1.83. The first-order valence-electron chi connectivity index (χ1n) is 5.38. The Morgan fingerprint density at radius 1 is 1.62 bits per heavy atom. The van der Waals surface area contributed by atoms with E-state index >= 15 is 0 Å². The summed E-state index contributed by atoms with van der Waals surface area (Å²) in [7, 11) is 1.75. The van der Waals surface area contributed by atoms with E-state index in [4.69, 9.17) is 4.74 Å². The quantitative estimate of drug-likeness (QED) is 0.745. The minimum Gasteiger partial charge on any atom is -0.460 e. The summed E-state index contributed by atoms with van der Waals surface area (Å²) in [5, 5.41) is 13.2. The molecule has 2 rings (SSSR count). The van der Waals surface area contributed by atoms with Crippen LogP contribution in [0.25, 0.3) is 0 Å². The van der Waals surface area contributed by atoms with Crippen molar-refractivity contribution in [1.29, 1.82) is 0 Å². The summed E-state index contributed by atoms with van der Waals surface area (Å²) in [6, 6.07) is 0. The van der Waals surface area contributed by atoms with E-state index in [9.17, 15) is 9.90 Å². The van der Waals surface area contributed by atoms with Crippen LogP contribution in [0.15, 0.2) is 0 Å². The van der Waals surface area contributed by atoms with Gasteiger partial charge in [-0.05, 0) is 19.8 Å². The molecular weight excluding hydrogens is 210 g/mol. The molecule has 1 fully saturated rings. The molecule has 0 amide bonds. The fourth-order valence-electron chi connectivity index (χ4n) is 1.83. The van der Waals surface area contributed by atoms with Crippen molar-refractivity contribution in [2.24, 2.45) is 7.05 Å². The van der Waals surface area contributed by atoms with Gasteiger partial charge in [-0.1, -0.05) is 0 Å². The lowest BCUT2D eigenvalue weighted by Crippen LogP contribution is -2.28. The van der Waals surface area contributed by atoms with E-state index in [0.717, 1.165) is 5.82 Å². The molecule has 1 N–H and O–H groups in total. The van der Waals surface area contributed by atoms with E-state index in [-0.39, 0.29) is 17.8 Å². The van der Waals surface area contributed by atoms with Crippen LogP contribution >= 0.6 is 0 Å². The highest BCUT2D eigenvalue weighted by atomic mass is 16.5. The van der Waals surface area contributed by atoms with Crippen molar-refractivity contribution in [3.63, 3.8) is 0 Å². The number of hydrogen-bond donors (Lipinski definition) is 1. The number of carbonyl (C=O) groups excluding carboxylic acids is 1. The van der Waals surface area contributed by atoms with Gasteiger partial charge in [0.15, 0.2) is 0 Å². The summed E-state index contributed by atoms with van der Waals surface area (Å²) in [5.41, 5.74) is 0. The summed E-state index contributed by atoms with van der Waals surface area (Å²) in [4.78, 5) is 15.5. The molecule has 0 saturated heterocycles. The Labute approximate surface area is 93.2 Å². The molecule has 6 heteroatoms. The molecule has 0 unspecified atom stereocenters. The molecule has 16 heavy (non-hydrogen) atoms. The molecule has 1 heterocycles. The Bertz CT molecular complexity index is 396. The van der Waals surface area contributed by atoms with E-state index in [1.165, 1.54) is 0 Å². The molecule has 0 aliphatic heterocycles. The first kappa shape index (κ1) is 11.1. The predicted octanol–water partition coefficient (Wildman–Crippen LogP) is 0.230. The van der Waals surface area contributed by atoms with Crippen molar-refractivity contribution in [2.45, 2.75) is 31.8 Å². The van der Waals surface area contributed by atoms with Crippen LogP contribution in [-0.4, -0.2) is 38.6 Å². The number of carbonyl (C=O) groups is 1. The van der Waals surface area contributed by atoms with Crippen molar-refractivity contribution >= 4 is 5.97 Å². The standard InChI is InChI=1S/C10H15N3O3/c1-3-16-10(15)8-11-9(13(2)12-8)6-4-7(14)5-6/h6-7,14H,3-5H2,1-2H3. The number of aryl methyl sites for hydroxylation is 1. The molecule has 0 bridgehead atoms. The average Bonchev–Trinajstić information content (AvgIpc) is 2.56. The largest absolute Gasteiger partial charge is 0.460 e. The molecule has 1 aliphatic rings. The van der Waals surface area contributed by atoms with E-state index in [1.54, 1.807) is 18.7 Å². The van der Waals surface area contributed by atoms with Gasteiger partial charge in [0.25, 0.3) is 5.82 Å². The van der Waals surface area contributed by atoms with Crippen LogP contribution in [0.5, 0.6) is 0 Å². The SMILES string of the molecule is CCOC(=O)c1nc(C2CC(O)C2)n(C)n1. The van der Waals surface area contributed by atoms with Gasteiger partial charge in [0, 0.05) is 13.0 Å². The van der Waals surface area contributed by atoms with E-state index < -0.39 is 5.97 Å². The number of rotatable bonds is 3. The molecule has 1 aromatic rings. The van der Waals surface area contributed by atoms with Crippen LogP contribution in [0.2, 0.25) is 0 Å². The molecule has 1 aliphatic carbocycles. The topological polar surface area (TPSA) is 77.2 Å². The summed E-state index contributed by atoms with van der Waals surface area (Å²) in [6.45, 7) is 2.05. The zero-order valence-electron chi connectivity index (χ0n) is 9.38. The van der Waals surface area contributed by atoms with Gasteiger partial charge < -0.3 is 9.84 Å². The smallest absolute Gasteiger partial charge is 0.378 e. The molecule has 1 saturated carbocycles. The Kier molecular flexibility index (Phi) is 2.91. The number of esters is 1. The van der Waals surface area contributed by atoms with E-state index in [1.807, 2.05) is 0 Å². The number of nitrogens with zero attached hydrogens (tertiary/aromatic N) is 3. The summed E-state index contributed by atoms with van der Waals surface area (Å²) in [5.74, 6) is 0.550. The van der Waals surface area contributed by atoms with Crippen molar-refractivity contribution in [2.75, 3.05) is 6.61 Å². The third kappa shape index (κ3) is 1.92. The molecule has 0 atom stereocenters. The van der Waals surface area contributed by atoms with Crippen LogP contribution < -0.4 is 0 Å². The Morgan fingerprint density at radius 2 is 2.31 bits per heavy atom. The number of aliphatic hydroxyl groups is 1. The number of ether oxygens (including phenoxy) is 1. The lowest BCUT2D eigenvalue weighted by Gasteiger charge is -2.29. The normalized spacial score (nSPS) is 23.9. The van der Waals surface area contributed by atoms with Gasteiger partial charge in [-0.25, -0.2) is 9.78 Å². The zero-order valence-corrected chi connectivity index (χ0v) is 9.38. The van der Waals surface area contributed by atoms with Gasteiger partial charge >= 0.3 is 5.97 Å². The maximum Gasteiger partial charge on any atom is 0.378 e. The lowest BCUT2D eigenvalue weighted by molar-refractivity contribution is 0.0511. The molecule has 88 valence electrons. The second kappa shape index (κ2) is 4.21. The third-order valence-corrected chi connectivity index (χ3v) is 2.73. The highest BCUT2D eigenvalue weighted by molar-refractivity contribution is 5.85. The highest BCUT2D eigenvalue weighted by Gasteiger charge is 2.33. The first-order valence-corrected chi connectivity index (χ1v) is 5.38. The van der Waals surface area contributed by atoms with Crippen molar-refractivity contribution in [1.82, 2.24) is 14.8 Å². The second-order valence-corrected chi connectivity index (χ2v) is 3.96. The predicted molar refractivity (Wildman–Crippen MR) is 54.9 cm³/mol. The third-order valence-electron chi connectivity index (χ3n) is 2.73. The summed E-state index contributed by atoms with van der Waals surface area (Å²) < 4.78 is 6.41. The van der Waals surface area contributed by atoms with Crippen molar-refractivity contribution < 1.29 is 14.6 Å².